The molecule has 1 amide bonds. The van der Waals surface area contributed by atoms with Crippen molar-refractivity contribution >= 4 is 17.6 Å². The minimum Gasteiger partial charge on any atom is -0.462 e. The topological polar surface area (TPSA) is 77.0 Å². The van der Waals surface area contributed by atoms with E-state index in [1.807, 2.05) is 13.8 Å². The molecule has 9 heteroatoms. The van der Waals surface area contributed by atoms with Crippen LogP contribution in [0.15, 0.2) is 35.5 Å². The van der Waals surface area contributed by atoms with E-state index in [9.17, 15) is 22.8 Å². The average Bonchev–Trinajstić information content (AvgIpc) is 2.66. The molecular formula is C21H25F3N2O4. The average molecular weight is 426 g/mol. The van der Waals surface area contributed by atoms with Crippen LogP contribution in [-0.2, 0) is 27.0 Å². The van der Waals surface area contributed by atoms with Gasteiger partial charge in [-0.2, -0.15) is 13.2 Å². The molecule has 1 aliphatic heterocycles. The number of fused-ring (bicyclic) bond motifs is 1. The van der Waals surface area contributed by atoms with E-state index in [0.717, 1.165) is 18.2 Å². The monoisotopic (exact) mass is 426 g/mol. The third kappa shape index (κ3) is 5.84. The number of alkyl halides is 3. The molecular weight excluding hydrogens is 401 g/mol. The lowest BCUT2D eigenvalue weighted by atomic mass is 9.84. The van der Waals surface area contributed by atoms with E-state index in [-0.39, 0.29) is 36.3 Å². The maximum absolute atomic E-state index is 13.2. The molecule has 0 atom stereocenters. The molecule has 0 unspecified atom stereocenters. The van der Waals surface area contributed by atoms with Crippen LogP contribution in [0.4, 0.5) is 13.2 Å². The highest BCUT2D eigenvalue weighted by Crippen LogP contribution is 2.31. The van der Waals surface area contributed by atoms with E-state index in [1.54, 1.807) is 0 Å². The number of amides is 1. The first-order valence-electron chi connectivity index (χ1n) is 9.39. The number of nitrogens with one attached hydrogen (secondary N) is 1. The van der Waals surface area contributed by atoms with E-state index >= 15 is 0 Å². The van der Waals surface area contributed by atoms with Gasteiger partial charge in [-0.3, -0.25) is 4.79 Å². The Morgan fingerprint density at radius 2 is 1.97 bits per heavy atom. The van der Waals surface area contributed by atoms with Gasteiger partial charge in [-0.1, -0.05) is 25.6 Å². The summed E-state index contributed by atoms with van der Waals surface area (Å²) in [6.45, 7) is 7.62. The van der Waals surface area contributed by atoms with Gasteiger partial charge in [-0.15, -0.1) is 0 Å². The molecule has 0 aliphatic carbocycles. The van der Waals surface area contributed by atoms with E-state index in [0.29, 0.717) is 18.6 Å². The summed E-state index contributed by atoms with van der Waals surface area (Å²) in [6.07, 6.45) is -3.87. The predicted molar refractivity (Wildman–Crippen MR) is 105 cm³/mol. The molecule has 1 aromatic rings. The SMILES string of the molecule is C=C1Cc2cc(C(F)(F)F)ccc2C(=O)NCC(C)(C)/C(=N/OC)CCCOC1=O. The second-order valence-corrected chi connectivity index (χ2v) is 7.68. The summed E-state index contributed by atoms with van der Waals surface area (Å²) in [5, 5.41) is 6.78. The Balaban J connectivity index is 2.45. The Kier molecular flexibility index (Phi) is 7.28. The summed E-state index contributed by atoms with van der Waals surface area (Å²) in [5.41, 5.74) is -0.794. The van der Waals surface area contributed by atoms with E-state index < -0.39 is 29.0 Å². The standard InChI is InChI=1S/C21H25F3N2O4/c1-13-10-14-11-15(21(22,23)24)7-8-16(14)18(27)25-12-20(2,3)17(26-29-4)6-5-9-30-19(13)28/h7-8,11H,1,5-6,9-10,12H2,2-4H3,(H,25,27)/b26-17+. The smallest absolute Gasteiger partial charge is 0.416 e. The van der Waals surface area contributed by atoms with Crippen LogP contribution in [0.5, 0.6) is 0 Å². The fourth-order valence-electron chi connectivity index (χ4n) is 3.06. The van der Waals surface area contributed by atoms with Crippen LogP contribution in [0.3, 0.4) is 0 Å². The van der Waals surface area contributed by atoms with Crippen molar-refractivity contribution in [1.29, 1.82) is 0 Å². The predicted octanol–water partition coefficient (Wildman–Crippen LogP) is 3.90. The minimum atomic E-state index is -4.58. The summed E-state index contributed by atoms with van der Waals surface area (Å²) < 4.78 is 44.6. The Morgan fingerprint density at radius 3 is 2.60 bits per heavy atom. The molecule has 0 saturated heterocycles. The number of hydrogen-bond acceptors (Lipinski definition) is 5. The first-order chi connectivity index (χ1) is 14.0. The van der Waals surface area contributed by atoms with Crippen LogP contribution in [0, 0.1) is 5.41 Å². The first-order valence-corrected chi connectivity index (χ1v) is 9.39. The van der Waals surface area contributed by atoms with Crippen molar-refractivity contribution in [3.8, 4) is 0 Å². The molecule has 0 aromatic heterocycles. The highest BCUT2D eigenvalue weighted by molar-refractivity contribution is 5.97. The Bertz CT molecular complexity index is 860. The molecule has 0 fully saturated rings. The summed E-state index contributed by atoms with van der Waals surface area (Å²) >= 11 is 0. The van der Waals surface area contributed by atoms with Gasteiger partial charge in [-0.25, -0.2) is 4.79 Å². The maximum atomic E-state index is 13.2. The largest absolute Gasteiger partial charge is 0.462 e. The molecule has 1 aliphatic rings. The van der Waals surface area contributed by atoms with Gasteiger partial charge in [0.2, 0.25) is 0 Å². The molecule has 0 spiro atoms. The van der Waals surface area contributed by atoms with E-state index in [2.05, 4.69) is 17.1 Å². The number of oxime groups is 1. The molecule has 0 saturated carbocycles. The quantitative estimate of drug-likeness (QED) is 0.420. The van der Waals surface area contributed by atoms with Gasteiger partial charge in [0.05, 0.1) is 17.9 Å². The zero-order chi connectivity index (χ0) is 22.5. The second-order valence-electron chi connectivity index (χ2n) is 7.68. The van der Waals surface area contributed by atoms with Crippen molar-refractivity contribution in [2.45, 2.75) is 39.3 Å². The molecule has 0 bridgehead atoms. The van der Waals surface area contributed by atoms with Gasteiger partial charge < -0.3 is 14.9 Å². The Hall–Kier alpha value is -2.84. The molecule has 1 aromatic carbocycles. The van der Waals surface area contributed by atoms with Gasteiger partial charge in [0.25, 0.3) is 5.91 Å². The van der Waals surface area contributed by atoms with Crippen LogP contribution in [-0.4, -0.2) is 37.8 Å². The lowest BCUT2D eigenvalue weighted by Gasteiger charge is -2.27. The summed E-state index contributed by atoms with van der Waals surface area (Å²) in [5.74, 6) is -1.28. The molecule has 2 rings (SSSR count). The van der Waals surface area contributed by atoms with Gasteiger partial charge >= 0.3 is 12.1 Å². The third-order valence-electron chi connectivity index (χ3n) is 4.83. The van der Waals surface area contributed by atoms with E-state index in [4.69, 9.17) is 9.57 Å². The van der Waals surface area contributed by atoms with Crippen molar-refractivity contribution in [3.05, 3.63) is 47.0 Å². The Labute approximate surface area is 173 Å². The number of carbonyl (C=O) groups excluding carboxylic acids is 2. The van der Waals surface area contributed by atoms with Crippen LogP contribution in [0.25, 0.3) is 0 Å². The van der Waals surface area contributed by atoms with Crippen molar-refractivity contribution < 1.29 is 32.3 Å². The van der Waals surface area contributed by atoms with Gasteiger partial charge in [0.1, 0.15) is 7.11 Å². The number of esters is 1. The van der Waals surface area contributed by atoms with Crippen LogP contribution in [0.2, 0.25) is 0 Å². The van der Waals surface area contributed by atoms with Gasteiger partial charge in [0.15, 0.2) is 0 Å². The number of cyclic esters (lactones) is 1. The summed E-state index contributed by atoms with van der Waals surface area (Å²) in [6, 6.07) is 2.81. The molecule has 1 heterocycles. The number of hydrogen-bond donors (Lipinski definition) is 1. The van der Waals surface area contributed by atoms with Crippen LogP contribution >= 0.6 is 0 Å². The Morgan fingerprint density at radius 1 is 1.27 bits per heavy atom. The van der Waals surface area contributed by atoms with E-state index in [1.165, 1.54) is 7.11 Å². The number of nitrogens with zero attached hydrogens (tertiary/aromatic N) is 1. The molecule has 0 radical (unpaired) electrons. The second kappa shape index (κ2) is 9.32. The molecule has 30 heavy (non-hydrogen) atoms. The highest BCUT2D eigenvalue weighted by Gasteiger charge is 2.32. The maximum Gasteiger partial charge on any atom is 0.416 e. The number of rotatable bonds is 1. The number of ether oxygens (including phenoxy) is 1. The lowest BCUT2D eigenvalue weighted by Crippen LogP contribution is -2.39. The number of halogens is 3. The zero-order valence-electron chi connectivity index (χ0n) is 17.2. The highest BCUT2D eigenvalue weighted by atomic mass is 19.4. The van der Waals surface area contributed by atoms with Crippen molar-refractivity contribution in [2.75, 3.05) is 20.3 Å². The normalized spacial score (nSPS) is 20.1. The van der Waals surface area contributed by atoms with Crippen molar-refractivity contribution in [2.24, 2.45) is 10.6 Å². The summed E-state index contributed by atoms with van der Waals surface area (Å²) in [7, 11) is 1.41. The number of carbonyl (C=O) groups is 2. The minimum absolute atomic E-state index is 0.0356. The lowest BCUT2D eigenvalue weighted by molar-refractivity contribution is -0.139. The zero-order valence-corrected chi connectivity index (χ0v) is 17.2. The van der Waals surface area contributed by atoms with Gasteiger partial charge in [0, 0.05) is 29.5 Å². The molecule has 164 valence electrons. The van der Waals surface area contributed by atoms with Crippen LogP contribution < -0.4 is 5.32 Å². The van der Waals surface area contributed by atoms with Gasteiger partial charge in [-0.05, 0) is 36.6 Å². The first kappa shape index (κ1) is 23.4. The fraction of sp³-hybridized carbons (Fsp3) is 0.476. The number of benzene rings is 1. The fourth-order valence-corrected chi connectivity index (χ4v) is 3.06. The third-order valence-corrected chi connectivity index (χ3v) is 4.83. The van der Waals surface area contributed by atoms with Crippen molar-refractivity contribution in [3.63, 3.8) is 0 Å². The van der Waals surface area contributed by atoms with Crippen molar-refractivity contribution in [1.82, 2.24) is 5.32 Å². The molecule has 1 N–H and O–H groups in total. The molecule has 6 nitrogen and oxygen atoms in total. The summed E-state index contributed by atoms with van der Waals surface area (Å²) in [4.78, 5) is 29.9. The van der Waals surface area contributed by atoms with Crippen LogP contribution in [0.1, 0.15) is 48.2 Å².